The van der Waals surface area contributed by atoms with Gasteiger partial charge in [-0.3, -0.25) is 4.79 Å². The number of rotatable bonds is 7. The molecule has 1 aliphatic heterocycles. The maximum Gasteiger partial charge on any atom is 1.00 e. The van der Waals surface area contributed by atoms with Gasteiger partial charge in [-0.1, -0.05) is 6.92 Å². The van der Waals surface area contributed by atoms with E-state index in [1.165, 1.54) is 13.8 Å². The van der Waals surface area contributed by atoms with Crippen LogP contribution in [0.4, 0.5) is 36.6 Å². The average molecular weight is 567 g/mol. The summed E-state index contributed by atoms with van der Waals surface area (Å²) in [6.45, 7) is 1.58. The summed E-state index contributed by atoms with van der Waals surface area (Å²) in [6, 6.07) is -2.38. The van der Waals surface area contributed by atoms with Crippen molar-refractivity contribution in [1.82, 2.24) is 14.9 Å². The number of carboxylic acid groups (broad SMARTS) is 1. The Bertz CT molecular complexity index is 1130. The molecule has 3 heterocycles. The number of carboxylic acids is 1. The van der Waals surface area contributed by atoms with E-state index >= 15 is 0 Å². The minimum Gasteiger partial charge on any atom is -0.542 e. The van der Waals surface area contributed by atoms with Crippen LogP contribution in [0.25, 0.3) is 10.4 Å². The summed E-state index contributed by atoms with van der Waals surface area (Å²) < 4.78 is 94.6. The van der Waals surface area contributed by atoms with Crippen LogP contribution in [0.3, 0.4) is 0 Å². The summed E-state index contributed by atoms with van der Waals surface area (Å²) in [5.74, 6) is -6.69. The molecule has 1 amide bonds. The molecule has 36 heavy (non-hydrogen) atoms. The van der Waals surface area contributed by atoms with E-state index in [0.717, 1.165) is 11.1 Å². The molecule has 0 aromatic carbocycles. The molecule has 1 fully saturated rings. The first-order chi connectivity index (χ1) is 16.1. The molecule has 2 atom stereocenters. The third-order valence-electron chi connectivity index (χ3n) is 5.33. The maximum atomic E-state index is 13.9. The molecule has 0 saturated carbocycles. The van der Waals surface area contributed by atoms with Gasteiger partial charge in [0.2, 0.25) is 0 Å². The molecular weight excluding hydrogens is 548 g/mol. The first-order valence-electron chi connectivity index (χ1n) is 10.2. The fraction of sp³-hybridized carbons (Fsp3) is 0.500. The van der Waals surface area contributed by atoms with E-state index in [1.54, 1.807) is 0 Å². The van der Waals surface area contributed by atoms with Gasteiger partial charge < -0.3 is 20.1 Å². The Labute approximate surface area is 246 Å². The van der Waals surface area contributed by atoms with E-state index < -0.39 is 94.4 Å². The smallest absolute Gasteiger partial charge is 0.542 e. The van der Waals surface area contributed by atoms with Crippen LogP contribution < -0.4 is 61.8 Å². The van der Waals surface area contributed by atoms with Gasteiger partial charge in [0.15, 0.2) is 0 Å². The molecule has 0 bridgehead atoms. The number of hydrogen-bond acceptors (Lipinski definition) is 7. The molecule has 0 aliphatic carbocycles. The van der Waals surface area contributed by atoms with E-state index in [4.69, 9.17) is 0 Å². The third kappa shape index (κ3) is 6.75. The minimum atomic E-state index is -4.69. The molecule has 1 N–H and O–H groups in total. The van der Waals surface area contributed by atoms with Gasteiger partial charge in [-0.15, -0.1) is 11.3 Å². The third-order valence-corrected chi connectivity index (χ3v) is 6.40. The average Bonchev–Trinajstić information content (AvgIpc) is 3.30. The largest absolute Gasteiger partial charge is 1.00 e. The monoisotopic (exact) mass is 566 g/mol. The molecule has 3 rings (SSSR count). The molecule has 2 aromatic heterocycles. The van der Waals surface area contributed by atoms with Crippen molar-refractivity contribution in [2.24, 2.45) is 0 Å². The zero-order valence-electron chi connectivity index (χ0n) is 19.1. The van der Waals surface area contributed by atoms with Crippen LogP contribution in [0.2, 0.25) is 0 Å². The molecule has 2 aromatic rings. The Morgan fingerprint density at radius 1 is 1.33 bits per heavy atom. The molecule has 1 aliphatic rings. The molecule has 192 valence electrons. The van der Waals surface area contributed by atoms with E-state index in [1.807, 2.05) is 5.32 Å². The summed E-state index contributed by atoms with van der Waals surface area (Å²) >= 11 is 0.287. The molecule has 16 heteroatoms. The standard InChI is InChI=1S/C20H19F7N4O3S.K/c1-3-11(20(25,26)27)29-12-4-9(15(21)22)10(6-28-12)14-13(30-16(35-14)18(33)34)17(32)31-7-19(23,24)5-8(31)2;/h4,6,8,11,15H,3,5,7H2,1-2H3,(H,28,29)(H,33,34);/q;+1/p-1. The first kappa shape index (κ1) is 30.9. The van der Waals surface area contributed by atoms with Crippen LogP contribution in [0.5, 0.6) is 0 Å². The van der Waals surface area contributed by atoms with Crippen molar-refractivity contribution in [2.75, 3.05) is 11.9 Å². The van der Waals surface area contributed by atoms with Gasteiger partial charge in [-0.25, -0.2) is 27.5 Å². The summed E-state index contributed by atoms with van der Waals surface area (Å²) in [5, 5.41) is 12.6. The van der Waals surface area contributed by atoms with Crippen LogP contribution in [0.15, 0.2) is 12.3 Å². The SMILES string of the molecule is CCC(Nc1cc(C(F)F)c(-c2sc(C(=O)[O-])nc2C(=O)N2CC(F)(F)CC2C)cn1)C(F)(F)F.[K+]. The number of nitrogens with zero attached hydrogens (tertiary/aromatic N) is 3. The number of alkyl halides is 7. The second kappa shape index (κ2) is 11.6. The number of anilines is 1. The normalized spacial score (nSPS) is 18.2. The topological polar surface area (TPSA) is 98.2 Å². The predicted molar refractivity (Wildman–Crippen MR) is 108 cm³/mol. The zero-order chi connectivity index (χ0) is 26.3. The number of aromatic nitrogens is 2. The van der Waals surface area contributed by atoms with E-state index in [0.29, 0.717) is 6.07 Å². The Morgan fingerprint density at radius 2 is 1.97 bits per heavy atom. The number of nitrogens with one attached hydrogen (secondary N) is 1. The van der Waals surface area contributed by atoms with E-state index in [-0.39, 0.29) is 62.7 Å². The van der Waals surface area contributed by atoms with Crippen molar-refractivity contribution in [1.29, 1.82) is 0 Å². The molecule has 2 unspecified atom stereocenters. The second-order valence-corrected chi connectivity index (χ2v) is 8.93. The van der Waals surface area contributed by atoms with Crippen LogP contribution in [-0.4, -0.2) is 57.5 Å². The van der Waals surface area contributed by atoms with Gasteiger partial charge in [0, 0.05) is 29.8 Å². The Morgan fingerprint density at radius 3 is 2.44 bits per heavy atom. The number of carbonyl (C=O) groups excluding carboxylic acids is 2. The van der Waals surface area contributed by atoms with Crippen LogP contribution >= 0.6 is 11.3 Å². The number of thiazole rings is 1. The number of carbonyl (C=O) groups is 2. The fourth-order valence-electron chi connectivity index (χ4n) is 3.67. The van der Waals surface area contributed by atoms with E-state index in [2.05, 4.69) is 9.97 Å². The maximum absolute atomic E-state index is 13.9. The van der Waals surface area contributed by atoms with Crippen LogP contribution in [0.1, 0.15) is 59.0 Å². The van der Waals surface area contributed by atoms with Crippen molar-refractivity contribution in [2.45, 2.75) is 57.3 Å². The van der Waals surface area contributed by atoms with Crippen molar-refractivity contribution >= 4 is 29.0 Å². The molecule has 0 radical (unpaired) electrons. The van der Waals surface area contributed by atoms with Gasteiger partial charge in [0.25, 0.3) is 18.3 Å². The van der Waals surface area contributed by atoms with Crippen molar-refractivity contribution < 1.29 is 96.8 Å². The Hall–Kier alpha value is -1.33. The summed E-state index contributed by atoms with van der Waals surface area (Å²) in [5.41, 5.74) is -2.01. The Kier molecular flexibility index (Phi) is 9.95. The van der Waals surface area contributed by atoms with Gasteiger partial charge in [0.1, 0.15) is 28.5 Å². The van der Waals surface area contributed by atoms with Gasteiger partial charge in [0.05, 0.1) is 11.4 Å². The second-order valence-electron chi connectivity index (χ2n) is 7.93. The van der Waals surface area contributed by atoms with Crippen LogP contribution in [0, 0.1) is 0 Å². The summed E-state index contributed by atoms with van der Waals surface area (Å²) in [6.07, 6.45) is -8.29. The van der Waals surface area contributed by atoms with Gasteiger partial charge in [-0.05, 0) is 19.4 Å². The number of aromatic carboxylic acids is 1. The number of halogens is 7. The molecule has 7 nitrogen and oxygen atoms in total. The zero-order valence-corrected chi connectivity index (χ0v) is 23.1. The summed E-state index contributed by atoms with van der Waals surface area (Å²) in [7, 11) is 0. The Balaban J connectivity index is 0.00000456. The van der Waals surface area contributed by atoms with E-state index in [9.17, 15) is 45.4 Å². The first-order valence-corrected chi connectivity index (χ1v) is 11.0. The van der Waals surface area contributed by atoms with Gasteiger partial charge in [-0.2, -0.15) is 13.2 Å². The minimum absolute atomic E-state index is 0. The van der Waals surface area contributed by atoms with Crippen molar-refractivity contribution in [3.63, 3.8) is 0 Å². The predicted octanol–water partition coefficient (Wildman–Crippen LogP) is 1.13. The van der Waals surface area contributed by atoms with Crippen molar-refractivity contribution in [3.8, 4) is 10.4 Å². The number of likely N-dealkylation sites (tertiary alicyclic amines) is 1. The van der Waals surface area contributed by atoms with Gasteiger partial charge >= 0.3 is 57.6 Å². The quantitative estimate of drug-likeness (QED) is 0.399. The number of hydrogen-bond donors (Lipinski definition) is 1. The molecule has 0 spiro atoms. The summed E-state index contributed by atoms with van der Waals surface area (Å²) in [4.78, 5) is 32.0. The molecular formula is C20H18F7KN4O3S. The van der Waals surface area contributed by atoms with Crippen LogP contribution in [-0.2, 0) is 0 Å². The number of pyridine rings is 1. The number of amides is 1. The van der Waals surface area contributed by atoms with Crippen molar-refractivity contribution in [3.05, 3.63) is 28.5 Å². The fourth-order valence-corrected chi connectivity index (χ4v) is 4.59. The molecule has 1 saturated heterocycles.